The van der Waals surface area contributed by atoms with Crippen LogP contribution in [0.1, 0.15) is 25.7 Å². The van der Waals surface area contributed by atoms with E-state index in [0.29, 0.717) is 0 Å². The quantitative estimate of drug-likeness (QED) is 0.687. The number of quaternary nitrogens is 2. The molecule has 17 heavy (non-hydrogen) atoms. The monoisotopic (exact) mass is 256 g/mol. The van der Waals surface area contributed by atoms with Gasteiger partial charge in [0, 0.05) is 29.7 Å². The molecule has 2 fully saturated rings. The number of hydrogen-bond donors (Lipinski definition) is 2. The third kappa shape index (κ3) is 2.86. The van der Waals surface area contributed by atoms with Crippen molar-refractivity contribution in [1.82, 2.24) is 0 Å². The molecule has 2 aliphatic heterocycles. The molecule has 2 heterocycles. The maximum absolute atomic E-state index is 6.16. The van der Waals surface area contributed by atoms with E-state index in [-0.39, 0.29) is 0 Å². The number of nitrogens with one attached hydrogen (secondary N) is 2. The third-order valence-electron chi connectivity index (χ3n) is 5.01. The fourth-order valence-corrected chi connectivity index (χ4v) is 4.26. The van der Waals surface area contributed by atoms with Gasteiger partial charge < -0.3 is 9.80 Å². The van der Waals surface area contributed by atoms with E-state index in [0.717, 1.165) is 23.3 Å². The number of rotatable bonds is 3. The van der Waals surface area contributed by atoms with E-state index in [9.17, 15) is 0 Å². The molecule has 0 aromatic carbocycles. The topological polar surface area (TPSA) is 8.88 Å². The Kier molecular flexibility index (Phi) is 3.74. The Morgan fingerprint density at radius 2 is 1.76 bits per heavy atom. The summed E-state index contributed by atoms with van der Waals surface area (Å²) in [6.45, 7) is 8.41. The molecule has 1 aliphatic carbocycles. The lowest BCUT2D eigenvalue weighted by atomic mass is 9.86. The Labute approximate surface area is 110 Å². The molecule has 2 saturated heterocycles. The first-order valence-corrected chi connectivity index (χ1v) is 7.71. The normalized spacial score (nSPS) is 38.2. The zero-order valence-corrected chi connectivity index (χ0v) is 11.4. The van der Waals surface area contributed by atoms with Crippen LogP contribution in [0.4, 0.5) is 0 Å². The Hall–Kier alpha value is -0.0500. The minimum Gasteiger partial charge on any atom is -0.330 e. The lowest BCUT2D eigenvalue weighted by Crippen LogP contribution is -3.18. The summed E-state index contributed by atoms with van der Waals surface area (Å²) in [6, 6.07) is 0. The summed E-state index contributed by atoms with van der Waals surface area (Å²) in [4.78, 5) is 3.70. The van der Waals surface area contributed by atoms with Gasteiger partial charge in [-0.3, -0.25) is 0 Å². The highest BCUT2D eigenvalue weighted by Gasteiger charge is 2.38. The van der Waals surface area contributed by atoms with Crippen LogP contribution < -0.4 is 9.80 Å². The average Bonchev–Trinajstić information content (AvgIpc) is 2.94. The summed E-state index contributed by atoms with van der Waals surface area (Å²) in [5.41, 5.74) is 0. The van der Waals surface area contributed by atoms with E-state index >= 15 is 0 Å². The largest absolute Gasteiger partial charge is 0.330 e. The Morgan fingerprint density at radius 1 is 1.06 bits per heavy atom. The number of fused-ring (bicyclic) bond motifs is 1. The van der Waals surface area contributed by atoms with Gasteiger partial charge in [0.25, 0.3) is 0 Å². The van der Waals surface area contributed by atoms with Crippen molar-refractivity contribution >= 4 is 11.6 Å². The zero-order chi connectivity index (χ0) is 11.7. The Balaban J connectivity index is 1.45. The second-order valence-corrected chi connectivity index (χ2v) is 6.71. The standard InChI is InChI=1S/C14H23ClN2/c15-14-4-3-12-10-17(11-13(12)9-14)8-7-16-5-1-2-6-16/h4,12-13H,1-3,5-11H2/p+2/t12-,13+/m1/s1. The van der Waals surface area contributed by atoms with Gasteiger partial charge in [0.1, 0.15) is 13.1 Å². The fourth-order valence-electron chi connectivity index (χ4n) is 3.97. The smallest absolute Gasteiger partial charge is 0.127 e. The minimum atomic E-state index is 0.885. The van der Waals surface area contributed by atoms with E-state index in [2.05, 4.69) is 6.08 Å². The van der Waals surface area contributed by atoms with Crippen molar-refractivity contribution in [3.8, 4) is 0 Å². The molecular formula is C14H25ClN2+2. The number of allylic oxidation sites excluding steroid dienone is 2. The summed E-state index contributed by atoms with van der Waals surface area (Å²) in [5, 5.41) is 1.12. The van der Waals surface area contributed by atoms with Gasteiger partial charge in [0.05, 0.1) is 26.2 Å². The van der Waals surface area contributed by atoms with E-state index in [1.807, 2.05) is 9.80 Å². The summed E-state index contributed by atoms with van der Waals surface area (Å²) in [5.74, 6) is 1.82. The predicted molar refractivity (Wildman–Crippen MR) is 70.5 cm³/mol. The number of halogens is 1. The van der Waals surface area contributed by atoms with Gasteiger partial charge in [0.15, 0.2) is 0 Å². The second-order valence-electron chi connectivity index (χ2n) is 6.23. The first kappa shape index (κ1) is 12.0. The van der Waals surface area contributed by atoms with Gasteiger partial charge in [-0.1, -0.05) is 17.7 Å². The van der Waals surface area contributed by atoms with Gasteiger partial charge in [-0.15, -0.1) is 0 Å². The van der Waals surface area contributed by atoms with Gasteiger partial charge >= 0.3 is 0 Å². The SMILES string of the molecule is ClC1=CC[C@@H]2C[NH+](CC[NH+]3CCCC3)C[C@@H]2C1. The van der Waals surface area contributed by atoms with Crippen LogP contribution in [-0.2, 0) is 0 Å². The Bertz CT molecular complexity index is 297. The van der Waals surface area contributed by atoms with Crippen LogP contribution in [-0.4, -0.2) is 39.3 Å². The van der Waals surface area contributed by atoms with E-state index in [4.69, 9.17) is 11.6 Å². The maximum atomic E-state index is 6.16. The molecule has 0 bridgehead atoms. The molecule has 3 heteroatoms. The van der Waals surface area contributed by atoms with Crippen molar-refractivity contribution in [3.05, 3.63) is 11.1 Å². The van der Waals surface area contributed by atoms with Crippen LogP contribution >= 0.6 is 11.6 Å². The third-order valence-corrected chi connectivity index (χ3v) is 5.32. The first-order chi connectivity index (χ1) is 8.31. The molecule has 96 valence electrons. The molecule has 3 rings (SSSR count). The first-order valence-electron chi connectivity index (χ1n) is 7.33. The van der Waals surface area contributed by atoms with Crippen LogP contribution in [0, 0.1) is 11.8 Å². The van der Waals surface area contributed by atoms with E-state index in [1.54, 1.807) is 0 Å². The highest BCUT2D eigenvalue weighted by Crippen LogP contribution is 2.31. The van der Waals surface area contributed by atoms with E-state index < -0.39 is 0 Å². The van der Waals surface area contributed by atoms with Crippen molar-refractivity contribution in [2.45, 2.75) is 25.7 Å². The Morgan fingerprint density at radius 3 is 2.59 bits per heavy atom. The molecule has 0 amide bonds. The minimum absolute atomic E-state index is 0.885. The van der Waals surface area contributed by atoms with Crippen LogP contribution in [0.5, 0.6) is 0 Å². The molecular weight excluding hydrogens is 232 g/mol. The summed E-state index contributed by atoms with van der Waals surface area (Å²) >= 11 is 6.16. The van der Waals surface area contributed by atoms with E-state index in [1.165, 1.54) is 58.5 Å². The van der Waals surface area contributed by atoms with Crippen molar-refractivity contribution in [1.29, 1.82) is 0 Å². The van der Waals surface area contributed by atoms with Crippen molar-refractivity contribution in [2.75, 3.05) is 39.3 Å². The molecule has 1 unspecified atom stereocenters. The fraction of sp³-hybridized carbons (Fsp3) is 0.857. The van der Waals surface area contributed by atoms with Gasteiger partial charge in [0.2, 0.25) is 0 Å². The van der Waals surface area contributed by atoms with Crippen LogP contribution in [0.25, 0.3) is 0 Å². The van der Waals surface area contributed by atoms with Crippen LogP contribution in [0.15, 0.2) is 11.1 Å². The van der Waals surface area contributed by atoms with Gasteiger partial charge in [-0.25, -0.2) is 0 Å². The molecule has 2 nitrogen and oxygen atoms in total. The molecule has 0 aromatic rings. The average molecular weight is 257 g/mol. The second kappa shape index (κ2) is 5.29. The molecule has 0 spiro atoms. The molecule has 3 atom stereocenters. The molecule has 0 radical (unpaired) electrons. The summed E-state index contributed by atoms with van der Waals surface area (Å²) < 4.78 is 0. The molecule has 3 aliphatic rings. The van der Waals surface area contributed by atoms with Crippen molar-refractivity contribution < 1.29 is 9.80 Å². The maximum Gasteiger partial charge on any atom is 0.127 e. The molecule has 2 N–H and O–H groups in total. The van der Waals surface area contributed by atoms with Gasteiger partial charge in [-0.2, -0.15) is 0 Å². The van der Waals surface area contributed by atoms with Gasteiger partial charge in [-0.05, 0) is 12.8 Å². The molecule has 0 aromatic heterocycles. The van der Waals surface area contributed by atoms with Crippen LogP contribution in [0.3, 0.4) is 0 Å². The molecule has 0 saturated carbocycles. The summed E-state index contributed by atoms with van der Waals surface area (Å²) in [6.07, 6.45) is 7.57. The lowest BCUT2D eigenvalue weighted by molar-refractivity contribution is -0.947. The highest BCUT2D eigenvalue weighted by molar-refractivity contribution is 6.29. The lowest BCUT2D eigenvalue weighted by Gasteiger charge is -2.18. The van der Waals surface area contributed by atoms with Crippen molar-refractivity contribution in [3.63, 3.8) is 0 Å². The predicted octanol–water partition coefficient (Wildman–Crippen LogP) is -0.287. The number of hydrogen-bond acceptors (Lipinski definition) is 0. The summed E-state index contributed by atoms with van der Waals surface area (Å²) in [7, 11) is 0. The zero-order valence-electron chi connectivity index (χ0n) is 10.7. The van der Waals surface area contributed by atoms with Crippen LogP contribution in [0.2, 0.25) is 0 Å². The highest BCUT2D eigenvalue weighted by atomic mass is 35.5. The van der Waals surface area contributed by atoms with Crippen molar-refractivity contribution in [2.24, 2.45) is 11.8 Å². The number of likely N-dealkylation sites (tertiary alicyclic amines) is 2.